The van der Waals surface area contributed by atoms with Gasteiger partial charge in [0.1, 0.15) is 0 Å². The Labute approximate surface area is 103 Å². The predicted octanol–water partition coefficient (Wildman–Crippen LogP) is 0.813. The molecular weight excluding hydrogens is 228 g/mol. The van der Waals surface area contributed by atoms with Crippen LogP contribution in [-0.2, 0) is 4.79 Å². The summed E-state index contributed by atoms with van der Waals surface area (Å²) in [4.78, 5) is 11.2. The molecule has 96 valence electrons. The molecule has 1 fully saturated rings. The zero-order valence-corrected chi connectivity index (χ0v) is 10.6. The molecule has 1 rings (SSSR count). The molecule has 0 aromatic rings. The smallest absolute Gasteiger partial charge is 0.236 e. The molecule has 16 heavy (non-hydrogen) atoms. The van der Waals surface area contributed by atoms with Crippen LogP contribution in [-0.4, -0.2) is 29.7 Å². The van der Waals surface area contributed by atoms with Crippen LogP contribution in [0.5, 0.6) is 0 Å². The molecule has 0 bridgehead atoms. The predicted molar refractivity (Wildman–Crippen MR) is 66.5 cm³/mol. The number of hydrogen-bond acceptors (Lipinski definition) is 3. The van der Waals surface area contributed by atoms with Gasteiger partial charge < -0.3 is 16.2 Å². The van der Waals surface area contributed by atoms with E-state index in [1.54, 1.807) is 6.92 Å². The highest BCUT2D eigenvalue weighted by Gasteiger charge is 2.22. The normalized spacial score (nSPS) is 20.7. The molecule has 2 unspecified atom stereocenters. The molecule has 2 atom stereocenters. The average Bonchev–Trinajstić information content (AvgIpc) is 2.26. The van der Waals surface area contributed by atoms with Crippen LogP contribution < -0.4 is 11.1 Å². The second-order valence-electron chi connectivity index (χ2n) is 4.50. The van der Waals surface area contributed by atoms with Gasteiger partial charge in [0.25, 0.3) is 0 Å². The lowest BCUT2D eigenvalue weighted by molar-refractivity contribution is -0.122. The molecule has 0 aromatic carbocycles. The Morgan fingerprint density at radius 3 is 2.50 bits per heavy atom. The lowest BCUT2D eigenvalue weighted by atomic mass is 9.85. The minimum Gasteiger partial charge on any atom is -0.391 e. The highest BCUT2D eigenvalue weighted by Crippen LogP contribution is 2.26. The van der Waals surface area contributed by atoms with Gasteiger partial charge in [-0.2, -0.15) is 0 Å². The second-order valence-corrected chi connectivity index (χ2v) is 4.50. The first-order valence-corrected chi connectivity index (χ1v) is 5.82. The minimum atomic E-state index is -0.497. The highest BCUT2D eigenvalue weighted by atomic mass is 35.5. The maximum atomic E-state index is 11.2. The number of aliphatic hydroxyl groups is 1. The van der Waals surface area contributed by atoms with E-state index >= 15 is 0 Å². The summed E-state index contributed by atoms with van der Waals surface area (Å²) in [5.74, 6) is 0.164. The van der Waals surface area contributed by atoms with Gasteiger partial charge in [-0.3, -0.25) is 4.79 Å². The summed E-state index contributed by atoms with van der Waals surface area (Å²) in [5, 5.41) is 12.5. The summed E-state index contributed by atoms with van der Waals surface area (Å²) in [5.41, 5.74) is 5.41. The van der Waals surface area contributed by atoms with E-state index < -0.39 is 12.1 Å². The van der Waals surface area contributed by atoms with Gasteiger partial charge >= 0.3 is 0 Å². The van der Waals surface area contributed by atoms with Gasteiger partial charge in [-0.1, -0.05) is 19.3 Å². The third-order valence-corrected chi connectivity index (χ3v) is 3.09. The number of rotatable bonds is 4. The monoisotopic (exact) mass is 250 g/mol. The minimum absolute atomic E-state index is 0. The fraction of sp³-hybridized carbons (Fsp3) is 0.909. The van der Waals surface area contributed by atoms with E-state index in [-0.39, 0.29) is 18.3 Å². The van der Waals surface area contributed by atoms with Crippen LogP contribution in [0.4, 0.5) is 0 Å². The molecule has 0 radical (unpaired) electrons. The molecular formula is C11H23ClN2O2. The van der Waals surface area contributed by atoms with Gasteiger partial charge in [-0.15, -0.1) is 12.4 Å². The average molecular weight is 251 g/mol. The van der Waals surface area contributed by atoms with Crippen molar-refractivity contribution in [1.29, 1.82) is 0 Å². The van der Waals surface area contributed by atoms with E-state index in [0.29, 0.717) is 12.5 Å². The fourth-order valence-corrected chi connectivity index (χ4v) is 2.05. The van der Waals surface area contributed by atoms with Crippen LogP contribution in [0.15, 0.2) is 0 Å². The molecule has 0 heterocycles. The SMILES string of the molecule is CC(N)C(=O)NCC(O)C1CCCCC1.Cl. The lowest BCUT2D eigenvalue weighted by Crippen LogP contribution is -2.43. The number of nitrogens with two attached hydrogens (primary N) is 1. The Hall–Kier alpha value is -0.320. The molecule has 0 spiro atoms. The zero-order chi connectivity index (χ0) is 11.3. The Bertz CT molecular complexity index is 206. The Balaban J connectivity index is 0.00000225. The first kappa shape index (κ1) is 15.7. The topological polar surface area (TPSA) is 75.4 Å². The van der Waals surface area contributed by atoms with E-state index in [0.717, 1.165) is 12.8 Å². The largest absolute Gasteiger partial charge is 0.391 e. The van der Waals surface area contributed by atoms with Crippen molar-refractivity contribution < 1.29 is 9.90 Å². The van der Waals surface area contributed by atoms with Gasteiger partial charge in [0, 0.05) is 6.54 Å². The maximum absolute atomic E-state index is 11.2. The fourth-order valence-electron chi connectivity index (χ4n) is 2.05. The first-order chi connectivity index (χ1) is 7.11. The zero-order valence-electron chi connectivity index (χ0n) is 9.82. The van der Waals surface area contributed by atoms with Crippen molar-refractivity contribution in [2.24, 2.45) is 11.7 Å². The number of hydrogen-bond donors (Lipinski definition) is 3. The number of aliphatic hydroxyl groups excluding tert-OH is 1. The number of halogens is 1. The van der Waals surface area contributed by atoms with Crippen molar-refractivity contribution in [3.8, 4) is 0 Å². The van der Waals surface area contributed by atoms with Gasteiger partial charge in [0.05, 0.1) is 12.1 Å². The summed E-state index contributed by atoms with van der Waals surface area (Å²) >= 11 is 0. The van der Waals surface area contributed by atoms with Crippen LogP contribution >= 0.6 is 12.4 Å². The van der Waals surface area contributed by atoms with E-state index in [4.69, 9.17) is 5.73 Å². The number of carbonyl (C=O) groups excluding carboxylic acids is 1. The van der Waals surface area contributed by atoms with Gasteiger partial charge in [-0.05, 0) is 25.7 Å². The molecule has 0 saturated heterocycles. The molecule has 0 aliphatic heterocycles. The van der Waals surface area contributed by atoms with E-state index in [1.807, 2.05) is 0 Å². The molecule has 1 aliphatic rings. The van der Waals surface area contributed by atoms with Gasteiger partial charge in [0.2, 0.25) is 5.91 Å². The third-order valence-electron chi connectivity index (χ3n) is 3.09. The van der Waals surface area contributed by atoms with Crippen molar-refractivity contribution >= 4 is 18.3 Å². The Kier molecular flexibility index (Phi) is 7.72. The van der Waals surface area contributed by atoms with E-state index in [1.165, 1.54) is 19.3 Å². The van der Waals surface area contributed by atoms with Crippen molar-refractivity contribution in [2.45, 2.75) is 51.2 Å². The second kappa shape index (κ2) is 7.87. The number of nitrogens with one attached hydrogen (secondary N) is 1. The van der Waals surface area contributed by atoms with Crippen molar-refractivity contribution in [3.05, 3.63) is 0 Å². The van der Waals surface area contributed by atoms with Crippen LogP contribution in [0.3, 0.4) is 0 Å². The van der Waals surface area contributed by atoms with Gasteiger partial charge in [0.15, 0.2) is 0 Å². The Morgan fingerprint density at radius 2 is 2.00 bits per heavy atom. The number of carbonyl (C=O) groups is 1. The van der Waals surface area contributed by atoms with Gasteiger partial charge in [-0.25, -0.2) is 0 Å². The molecule has 1 amide bonds. The Morgan fingerprint density at radius 1 is 1.44 bits per heavy atom. The van der Waals surface area contributed by atoms with Crippen molar-refractivity contribution in [2.75, 3.05) is 6.54 Å². The van der Waals surface area contributed by atoms with Crippen LogP contribution in [0, 0.1) is 5.92 Å². The molecule has 0 aromatic heterocycles. The summed E-state index contributed by atoms with van der Waals surface area (Å²) in [6, 6.07) is -0.497. The number of amides is 1. The van der Waals surface area contributed by atoms with Crippen LogP contribution in [0.1, 0.15) is 39.0 Å². The van der Waals surface area contributed by atoms with Crippen molar-refractivity contribution in [1.82, 2.24) is 5.32 Å². The molecule has 4 N–H and O–H groups in total. The summed E-state index contributed by atoms with van der Waals surface area (Å²) in [7, 11) is 0. The summed E-state index contributed by atoms with van der Waals surface area (Å²) in [6.07, 6.45) is 5.42. The highest BCUT2D eigenvalue weighted by molar-refractivity contribution is 5.85. The molecule has 4 nitrogen and oxygen atoms in total. The van der Waals surface area contributed by atoms with Crippen LogP contribution in [0.25, 0.3) is 0 Å². The van der Waals surface area contributed by atoms with Crippen LogP contribution in [0.2, 0.25) is 0 Å². The quantitative estimate of drug-likeness (QED) is 0.691. The summed E-state index contributed by atoms with van der Waals surface area (Å²) < 4.78 is 0. The standard InChI is InChI=1S/C11H22N2O2.ClH/c1-8(12)11(15)13-7-10(14)9-5-3-2-4-6-9;/h8-10,14H,2-7,12H2,1H3,(H,13,15);1H. The van der Waals surface area contributed by atoms with E-state index in [2.05, 4.69) is 5.32 Å². The maximum Gasteiger partial charge on any atom is 0.236 e. The van der Waals surface area contributed by atoms with E-state index in [9.17, 15) is 9.90 Å². The van der Waals surface area contributed by atoms with Crippen molar-refractivity contribution in [3.63, 3.8) is 0 Å². The molecule has 1 saturated carbocycles. The lowest BCUT2D eigenvalue weighted by Gasteiger charge is -2.26. The summed E-state index contributed by atoms with van der Waals surface area (Å²) in [6.45, 7) is 1.98. The third kappa shape index (κ3) is 5.14. The first-order valence-electron chi connectivity index (χ1n) is 5.82. The molecule has 1 aliphatic carbocycles. The molecule has 5 heteroatoms.